The zero-order valence-corrected chi connectivity index (χ0v) is 15.5. The monoisotopic (exact) mass is 348 g/mol. The van der Waals surface area contributed by atoms with Crippen molar-refractivity contribution in [3.05, 3.63) is 38.7 Å². The lowest BCUT2D eigenvalue weighted by Crippen LogP contribution is -2.39. The molecule has 1 fully saturated rings. The highest BCUT2D eigenvalue weighted by Crippen LogP contribution is 2.32. The van der Waals surface area contributed by atoms with Crippen LogP contribution < -0.4 is 0 Å². The van der Waals surface area contributed by atoms with Crippen molar-refractivity contribution in [2.45, 2.75) is 46.1 Å². The van der Waals surface area contributed by atoms with Crippen molar-refractivity contribution in [2.24, 2.45) is 0 Å². The van der Waals surface area contributed by atoms with E-state index in [0.29, 0.717) is 29.6 Å². The minimum absolute atomic E-state index is 0.0494. The standard InChI is InChI=1S/C18H24N2O3S/c1-11-13(3)24-17(19-11)14-6-5-7-20(9-14)18(21)16-8-15(10-22-4)23-12(16)2/h8,14H,5-7,9-10H2,1-4H3/t14-/m0/s1. The Hall–Kier alpha value is -1.66. The molecule has 3 rings (SSSR count). The van der Waals surface area contributed by atoms with Crippen molar-refractivity contribution in [3.63, 3.8) is 0 Å². The van der Waals surface area contributed by atoms with Crippen LogP contribution >= 0.6 is 11.3 Å². The van der Waals surface area contributed by atoms with Crippen LogP contribution in [0.15, 0.2) is 10.5 Å². The summed E-state index contributed by atoms with van der Waals surface area (Å²) < 4.78 is 10.7. The van der Waals surface area contributed by atoms with Crippen molar-refractivity contribution in [3.8, 4) is 0 Å². The maximum Gasteiger partial charge on any atom is 0.257 e. The van der Waals surface area contributed by atoms with Gasteiger partial charge in [0.05, 0.1) is 16.3 Å². The molecule has 0 radical (unpaired) electrons. The minimum Gasteiger partial charge on any atom is -0.463 e. The number of carbonyl (C=O) groups is 1. The van der Waals surface area contributed by atoms with Gasteiger partial charge in [0.15, 0.2) is 0 Å². The fourth-order valence-corrected chi connectivity index (χ4v) is 4.22. The van der Waals surface area contributed by atoms with Crippen molar-refractivity contribution in [1.29, 1.82) is 0 Å². The number of nitrogens with zero attached hydrogens (tertiary/aromatic N) is 2. The molecular weight excluding hydrogens is 324 g/mol. The number of carbonyl (C=O) groups excluding carboxylic acids is 1. The molecule has 1 saturated heterocycles. The number of aromatic nitrogens is 1. The summed E-state index contributed by atoms with van der Waals surface area (Å²) in [4.78, 5) is 20.8. The van der Waals surface area contributed by atoms with Crippen LogP contribution in [-0.4, -0.2) is 36.0 Å². The summed E-state index contributed by atoms with van der Waals surface area (Å²) in [5, 5.41) is 1.16. The van der Waals surface area contributed by atoms with Gasteiger partial charge in [-0.05, 0) is 39.7 Å². The van der Waals surface area contributed by atoms with E-state index in [9.17, 15) is 4.79 Å². The SMILES string of the molecule is COCc1cc(C(=O)N2CCC[C@H](c3nc(C)c(C)s3)C2)c(C)o1. The highest BCUT2D eigenvalue weighted by atomic mass is 32.1. The van der Waals surface area contributed by atoms with Gasteiger partial charge in [0.25, 0.3) is 5.91 Å². The van der Waals surface area contributed by atoms with Gasteiger partial charge in [-0.2, -0.15) is 0 Å². The first-order chi connectivity index (χ1) is 11.5. The lowest BCUT2D eigenvalue weighted by atomic mass is 9.98. The lowest BCUT2D eigenvalue weighted by Gasteiger charge is -2.31. The first-order valence-electron chi connectivity index (χ1n) is 8.31. The molecule has 0 aromatic carbocycles. The Morgan fingerprint density at radius 1 is 1.46 bits per heavy atom. The van der Waals surface area contributed by atoms with Gasteiger partial charge >= 0.3 is 0 Å². The number of thiazole rings is 1. The van der Waals surface area contributed by atoms with Gasteiger partial charge in [-0.1, -0.05) is 0 Å². The Balaban J connectivity index is 1.75. The summed E-state index contributed by atoms with van der Waals surface area (Å²) in [7, 11) is 1.62. The zero-order valence-electron chi connectivity index (χ0n) is 14.7. The first kappa shape index (κ1) is 17.2. The molecule has 24 heavy (non-hydrogen) atoms. The number of amides is 1. The third-order valence-corrected chi connectivity index (χ3v) is 5.82. The van der Waals surface area contributed by atoms with Crippen LogP contribution in [0.4, 0.5) is 0 Å². The van der Waals surface area contributed by atoms with E-state index in [1.807, 2.05) is 24.8 Å². The molecule has 0 N–H and O–H groups in total. The van der Waals surface area contributed by atoms with Gasteiger partial charge in [0, 0.05) is 31.0 Å². The summed E-state index contributed by atoms with van der Waals surface area (Å²) in [6.45, 7) is 7.90. The van der Waals surface area contributed by atoms with Crippen molar-refractivity contribution >= 4 is 17.2 Å². The third kappa shape index (κ3) is 3.39. The highest BCUT2D eigenvalue weighted by Gasteiger charge is 2.29. The molecule has 0 spiro atoms. The molecule has 130 valence electrons. The van der Waals surface area contributed by atoms with E-state index in [2.05, 4.69) is 6.92 Å². The number of likely N-dealkylation sites (tertiary alicyclic amines) is 1. The largest absolute Gasteiger partial charge is 0.463 e. The maximum absolute atomic E-state index is 12.9. The fraction of sp³-hybridized carbons (Fsp3) is 0.556. The normalized spacial score (nSPS) is 18.2. The average molecular weight is 348 g/mol. The topological polar surface area (TPSA) is 55.6 Å². The van der Waals surface area contributed by atoms with Gasteiger partial charge in [0.2, 0.25) is 0 Å². The molecule has 0 saturated carbocycles. The smallest absolute Gasteiger partial charge is 0.257 e. The predicted octanol–water partition coefficient (Wildman–Crippen LogP) is 3.83. The van der Waals surface area contributed by atoms with Crippen molar-refractivity contribution in [2.75, 3.05) is 20.2 Å². The summed E-state index contributed by atoms with van der Waals surface area (Å²) >= 11 is 1.76. The van der Waals surface area contributed by atoms with E-state index in [-0.39, 0.29) is 5.91 Å². The molecule has 1 atom stereocenters. The summed E-state index contributed by atoms with van der Waals surface area (Å²) in [5.74, 6) is 1.74. The Labute approximate surface area is 146 Å². The summed E-state index contributed by atoms with van der Waals surface area (Å²) in [5.41, 5.74) is 1.75. The van der Waals surface area contributed by atoms with Gasteiger partial charge in [-0.15, -0.1) is 11.3 Å². The molecule has 2 aromatic rings. The molecule has 1 aliphatic heterocycles. The molecule has 1 aliphatic rings. The van der Waals surface area contributed by atoms with Crippen LogP contribution in [-0.2, 0) is 11.3 Å². The Kier molecular flexibility index (Phi) is 5.06. The van der Waals surface area contributed by atoms with E-state index < -0.39 is 0 Å². The van der Waals surface area contributed by atoms with Crippen LogP contribution in [0.1, 0.15) is 56.2 Å². The minimum atomic E-state index is 0.0494. The van der Waals surface area contributed by atoms with Gasteiger partial charge in [-0.25, -0.2) is 4.98 Å². The second kappa shape index (κ2) is 7.07. The van der Waals surface area contributed by atoms with Crippen molar-refractivity contribution < 1.29 is 13.9 Å². The van der Waals surface area contributed by atoms with E-state index in [0.717, 1.165) is 36.6 Å². The second-order valence-electron chi connectivity index (χ2n) is 6.40. The molecule has 0 bridgehead atoms. The fourth-order valence-electron chi connectivity index (χ4n) is 3.18. The molecule has 3 heterocycles. The molecule has 6 heteroatoms. The van der Waals surface area contributed by atoms with Crippen LogP contribution in [0, 0.1) is 20.8 Å². The van der Waals surface area contributed by atoms with Gasteiger partial charge < -0.3 is 14.1 Å². The first-order valence-corrected chi connectivity index (χ1v) is 9.12. The Bertz CT molecular complexity index is 715. The average Bonchev–Trinajstić information content (AvgIpc) is 3.10. The predicted molar refractivity (Wildman–Crippen MR) is 93.6 cm³/mol. The number of aryl methyl sites for hydroxylation is 3. The quantitative estimate of drug-likeness (QED) is 0.843. The number of hydrogen-bond acceptors (Lipinski definition) is 5. The number of hydrogen-bond donors (Lipinski definition) is 0. The number of methoxy groups -OCH3 is 1. The number of ether oxygens (including phenoxy) is 1. The van der Waals surface area contributed by atoms with E-state index in [1.54, 1.807) is 18.4 Å². The van der Waals surface area contributed by atoms with E-state index in [4.69, 9.17) is 14.1 Å². The molecule has 0 unspecified atom stereocenters. The van der Waals surface area contributed by atoms with Crippen LogP contribution in [0.5, 0.6) is 0 Å². The van der Waals surface area contributed by atoms with Crippen LogP contribution in [0.2, 0.25) is 0 Å². The highest BCUT2D eigenvalue weighted by molar-refractivity contribution is 7.11. The zero-order chi connectivity index (χ0) is 17.3. The number of piperidine rings is 1. The Morgan fingerprint density at radius 2 is 2.25 bits per heavy atom. The summed E-state index contributed by atoms with van der Waals surface area (Å²) in [6, 6.07) is 1.81. The van der Waals surface area contributed by atoms with Gasteiger partial charge in [0.1, 0.15) is 18.1 Å². The van der Waals surface area contributed by atoms with E-state index >= 15 is 0 Å². The maximum atomic E-state index is 12.9. The molecular formula is C18H24N2O3S. The molecule has 2 aromatic heterocycles. The van der Waals surface area contributed by atoms with Crippen molar-refractivity contribution in [1.82, 2.24) is 9.88 Å². The van der Waals surface area contributed by atoms with Crippen LogP contribution in [0.25, 0.3) is 0 Å². The number of rotatable bonds is 4. The molecule has 1 amide bonds. The van der Waals surface area contributed by atoms with Crippen LogP contribution in [0.3, 0.4) is 0 Å². The third-order valence-electron chi connectivity index (χ3n) is 4.59. The van der Waals surface area contributed by atoms with E-state index in [1.165, 1.54) is 4.88 Å². The lowest BCUT2D eigenvalue weighted by molar-refractivity contribution is 0.0705. The number of furan rings is 1. The molecule has 0 aliphatic carbocycles. The molecule has 5 nitrogen and oxygen atoms in total. The van der Waals surface area contributed by atoms with Gasteiger partial charge in [-0.3, -0.25) is 4.79 Å². The summed E-state index contributed by atoms with van der Waals surface area (Å²) in [6.07, 6.45) is 2.10. The second-order valence-corrected chi connectivity index (χ2v) is 7.63. The Morgan fingerprint density at radius 3 is 2.92 bits per heavy atom.